The highest BCUT2D eigenvalue weighted by atomic mass is 16.3. The van der Waals surface area contributed by atoms with E-state index in [1.54, 1.807) is 0 Å². The third-order valence-corrected chi connectivity index (χ3v) is 2.60. The van der Waals surface area contributed by atoms with Crippen molar-refractivity contribution in [1.82, 2.24) is 10.2 Å². The summed E-state index contributed by atoms with van der Waals surface area (Å²) < 4.78 is 0. The highest BCUT2D eigenvalue weighted by Crippen LogP contribution is 2.03. The van der Waals surface area contributed by atoms with Crippen LogP contribution in [-0.4, -0.2) is 49.3 Å². The Morgan fingerprint density at radius 1 is 1.24 bits per heavy atom. The number of rotatable bonds is 7. The molecular weight excluding hydrogens is 212 g/mol. The second-order valence-corrected chi connectivity index (χ2v) is 5.15. The van der Waals surface area contributed by atoms with Crippen LogP contribution in [0, 0.1) is 0 Å². The lowest BCUT2D eigenvalue weighted by Gasteiger charge is -2.27. The van der Waals surface area contributed by atoms with Crippen LogP contribution in [-0.2, 0) is 6.42 Å². The van der Waals surface area contributed by atoms with E-state index in [2.05, 4.69) is 29.6 Å². The SMILES string of the molecule is CN(C)CC(C)(O)CNCCc1ccccc1. The summed E-state index contributed by atoms with van der Waals surface area (Å²) in [4.78, 5) is 2.00. The number of hydrogen-bond donors (Lipinski definition) is 2. The van der Waals surface area contributed by atoms with Crippen molar-refractivity contribution in [3.63, 3.8) is 0 Å². The summed E-state index contributed by atoms with van der Waals surface area (Å²) in [5, 5.41) is 13.4. The van der Waals surface area contributed by atoms with Crippen LogP contribution >= 0.6 is 0 Å². The highest BCUT2D eigenvalue weighted by molar-refractivity contribution is 5.14. The molecule has 0 spiro atoms. The Balaban J connectivity index is 2.20. The van der Waals surface area contributed by atoms with Crippen molar-refractivity contribution >= 4 is 0 Å². The zero-order valence-electron chi connectivity index (χ0n) is 11.1. The van der Waals surface area contributed by atoms with Gasteiger partial charge in [-0.3, -0.25) is 0 Å². The maximum absolute atomic E-state index is 10.1. The van der Waals surface area contributed by atoms with Crippen molar-refractivity contribution in [1.29, 1.82) is 0 Å². The minimum atomic E-state index is -0.666. The monoisotopic (exact) mass is 236 g/mol. The summed E-state index contributed by atoms with van der Waals surface area (Å²) in [6.45, 7) is 4.06. The highest BCUT2D eigenvalue weighted by Gasteiger charge is 2.20. The van der Waals surface area contributed by atoms with E-state index >= 15 is 0 Å². The van der Waals surface area contributed by atoms with Gasteiger partial charge in [0.05, 0.1) is 5.60 Å². The van der Waals surface area contributed by atoms with Crippen LogP contribution in [0.15, 0.2) is 30.3 Å². The van der Waals surface area contributed by atoms with Gasteiger partial charge in [0.2, 0.25) is 0 Å². The predicted octanol–water partition coefficient (Wildman–Crippen LogP) is 1.13. The van der Waals surface area contributed by atoms with Crippen LogP contribution in [0.2, 0.25) is 0 Å². The molecule has 0 aliphatic carbocycles. The zero-order chi connectivity index (χ0) is 12.7. The Morgan fingerprint density at radius 2 is 1.88 bits per heavy atom. The molecule has 0 amide bonds. The summed E-state index contributed by atoms with van der Waals surface area (Å²) in [6.07, 6.45) is 0.999. The van der Waals surface area contributed by atoms with E-state index in [0.717, 1.165) is 13.0 Å². The molecular formula is C14H24N2O. The van der Waals surface area contributed by atoms with Gasteiger partial charge in [-0.05, 0) is 39.5 Å². The number of hydrogen-bond acceptors (Lipinski definition) is 3. The zero-order valence-corrected chi connectivity index (χ0v) is 11.1. The van der Waals surface area contributed by atoms with Crippen molar-refractivity contribution < 1.29 is 5.11 Å². The minimum Gasteiger partial charge on any atom is -0.388 e. The van der Waals surface area contributed by atoms with Crippen LogP contribution < -0.4 is 5.32 Å². The molecule has 2 N–H and O–H groups in total. The Hall–Kier alpha value is -0.900. The molecule has 1 unspecified atom stereocenters. The lowest BCUT2D eigenvalue weighted by Crippen LogP contribution is -2.45. The molecule has 0 heterocycles. The third kappa shape index (κ3) is 6.41. The fourth-order valence-corrected chi connectivity index (χ4v) is 1.97. The molecule has 96 valence electrons. The van der Waals surface area contributed by atoms with Crippen molar-refractivity contribution in [3.8, 4) is 0 Å². The van der Waals surface area contributed by atoms with Gasteiger partial charge in [0.15, 0.2) is 0 Å². The Labute approximate surface area is 104 Å². The fraction of sp³-hybridized carbons (Fsp3) is 0.571. The van der Waals surface area contributed by atoms with Crippen molar-refractivity contribution in [3.05, 3.63) is 35.9 Å². The average molecular weight is 236 g/mol. The summed E-state index contributed by atoms with van der Waals surface area (Å²) in [5.74, 6) is 0. The lowest BCUT2D eigenvalue weighted by atomic mass is 10.1. The molecule has 0 aliphatic heterocycles. The van der Waals surface area contributed by atoms with Crippen LogP contribution in [0.25, 0.3) is 0 Å². The third-order valence-electron chi connectivity index (χ3n) is 2.60. The molecule has 0 radical (unpaired) electrons. The van der Waals surface area contributed by atoms with E-state index < -0.39 is 5.60 Å². The molecule has 1 aromatic rings. The maximum atomic E-state index is 10.1. The molecule has 1 rings (SSSR count). The Bertz CT molecular complexity index is 309. The number of aliphatic hydroxyl groups is 1. The summed E-state index contributed by atoms with van der Waals surface area (Å²) in [5.41, 5.74) is 0.660. The molecule has 0 bridgehead atoms. The first-order valence-corrected chi connectivity index (χ1v) is 6.11. The Morgan fingerprint density at radius 3 is 2.47 bits per heavy atom. The van der Waals surface area contributed by atoms with Gasteiger partial charge < -0.3 is 15.3 Å². The smallest absolute Gasteiger partial charge is 0.0869 e. The van der Waals surface area contributed by atoms with E-state index in [1.807, 2.05) is 32.0 Å². The quantitative estimate of drug-likeness (QED) is 0.697. The molecule has 0 aromatic heterocycles. The molecule has 0 fully saturated rings. The van der Waals surface area contributed by atoms with Gasteiger partial charge in [-0.15, -0.1) is 0 Å². The standard InChI is InChI=1S/C14H24N2O/c1-14(17,12-16(2)3)11-15-10-9-13-7-5-4-6-8-13/h4-8,15,17H,9-12H2,1-3H3. The van der Waals surface area contributed by atoms with Gasteiger partial charge in [0.25, 0.3) is 0 Å². The molecule has 17 heavy (non-hydrogen) atoms. The van der Waals surface area contributed by atoms with E-state index in [-0.39, 0.29) is 0 Å². The Kier molecular flexibility index (Phi) is 5.62. The van der Waals surface area contributed by atoms with Gasteiger partial charge in [0.1, 0.15) is 0 Å². The predicted molar refractivity (Wildman–Crippen MR) is 72.2 cm³/mol. The second kappa shape index (κ2) is 6.74. The molecule has 3 heteroatoms. The van der Waals surface area contributed by atoms with Crippen LogP contribution in [0.4, 0.5) is 0 Å². The minimum absolute atomic E-state index is 0.623. The van der Waals surface area contributed by atoms with E-state index in [1.165, 1.54) is 5.56 Å². The fourth-order valence-electron chi connectivity index (χ4n) is 1.97. The van der Waals surface area contributed by atoms with E-state index in [0.29, 0.717) is 13.1 Å². The van der Waals surface area contributed by atoms with E-state index in [4.69, 9.17) is 0 Å². The molecule has 0 saturated heterocycles. The van der Waals surface area contributed by atoms with Crippen LogP contribution in [0.3, 0.4) is 0 Å². The second-order valence-electron chi connectivity index (χ2n) is 5.15. The molecule has 0 aliphatic rings. The van der Waals surface area contributed by atoms with Crippen molar-refractivity contribution in [2.45, 2.75) is 18.9 Å². The summed E-state index contributed by atoms with van der Waals surface area (Å²) >= 11 is 0. The number of benzene rings is 1. The number of nitrogens with zero attached hydrogens (tertiary/aromatic N) is 1. The van der Waals surface area contributed by atoms with Gasteiger partial charge in [0, 0.05) is 13.1 Å². The van der Waals surface area contributed by atoms with Gasteiger partial charge in [-0.25, -0.2) is 0 Å². The molecule has 0 saturated carbocycles. The summed E-state index contributed by atoms with van der Waals surface area (Å²) in [7, 11) is 3.94. The summed E-state index contributed by atoms with van der Waals surface area (Å²) in [6, 6.07) is 10.4. The largest absolute Gasteiger partial charge is 0.388 e. The van der Waals surface area contributed by atoms with Crippen LogP contribution in [0.5, 0.6) is 0 Å². The topological polar surface area (TPSA) is 35.5 Å². The van der Waals surface area contributed by atoms with Gasteiger partial charge in [-0.1, -0.05) is 30.3 Å². The van der Waals surface area contributed by atoms with E-state index in [9.17, 15) is 5.11 Å². The van der Waals surface area contributed by atoms with Crippen LogP contribution in [0.1, 0.15) is 12.5 Å². The number of likely N-dealkylation sites (N-methyl/N-ethyl adjacent to an activating group) is 1. The number of nitrogens with one attached hydrogen (secondary N) is 1. The lowest BCUT2D eigenvalue weighted by molar-refractivity contribution is 0.0341. The molecule has 1 atom stereocenters. The average Bonchev–Trinajstić information content (AvgIpc) is 2.24. The maximum Gasteiger partial charge on any atom is 0.0869 e. The van der Waals surface area contributed by atoms with Gasteiger partial charge >= 0.3 is 0 Å². The van der Waals surface area contributed by atoms with Crippen molar-refractivity contribution in [2.24, 2.45) is 0 Å². The first kappa shape index (κ1) is 14.2. The molecule has 3 nitrogen and oxygen atoms in total. The first-order chi connectivity index (χ1) is 7.99. The van der Waals surface area contributed by atoms with Crippen molar-refractivity contribution in [2.75, 3.05) is 33.7 Å². The first-order valence-electron chi connectivity index (χ1n) is 6.11. The normalized spacial score (nSPS) is 14.9. The molecule has 1 aromatic carbocycles. The van der Waals surface area contributed by atoms with Gasteiger partial charge in [-0.2, -0.15) is 0 Å².